The molecule has 0 bridgehead atoms. The maximum Gasteiger partial charge on any atom is 0.132 e. The predicted molar refractivity (Wildman–Crippen MR) is 83.6 cm³/mol. The highest BCUT2D eigenvalue weighted by atomic mass is 15.2. The first kappa shape index (κ1) is 14.0. The third-order valence-electron chi connectivity index (χ3n) is 4.20. The number of aromatic nitrogens is 4. The van der Waals surface area contributed by atoms with Gasteiger partial charge in [0.15, 0.2) is 0 Å². The van der Waals surface area contributed by atoms with Gasteiger partial charge >= 0.3 is 0 Å². The number of hydrogen-bond donors (Lipinski definition) is 0. The van der Waals surface area contributed by atoms with Crippen molar-refractivity contribution in [2.75, 3.05) is 18.0 Å². The average molecular weight is 285 g/mol. The Bertz CT molecular complexity index is 596. The number of anilines is 1. The van der Waals surface area contributed by atoms with Crippen LogP contribution in [-0.4, -0.2) is 32.6 Å². The lowest BCUT2D eigenvalue weighted by molar-refractivity contribution is 0.448. The SMILES string of the molecule is Cc1nccc(N2CCC(c3nccn3C(C)C)CC2)n1. The van der Waals surface area contributed by atoms with Crippen molar-refractivity contribution < 1.29 is 0 Å². The van der Waals surface area contributed by atoms with Gasteiger partial charge in [-0.05, 0) is 39.7 Å². The molecule has 5 nitrogen and oxygen atoms in total. The molecule has 0 amide bonds. The second-order valence-corrected chi connectivity index (χ2v) is 6.01. The number of hydrogen-bond acceptors (Lipinski definition) is 4. The van der Waals surface area contributed by atoms with Gasteiger partial charge < -0.3 is 9.47 Å². The van der Waals surface area contributed by atoms with Crippen molar-refractivity contribution in [2.45, 2.75) is 45.6 Å². The molecule has 0 atom stereocenters. The Kier molecular flexibility index (Phi) is 3.90. The highest BCUT2D eigenvalue weighted by molar-refractivity contribution is 5.38. The molecule has 21 heavy (non-hydrogen) atoms. The van der Waals surface area contributed by atoms with Crippen molar-refractivity contribution in [2.24, 2.45) is 0 Å². The fourth-order valence-corrected chi connectivity index (χ4v) is 3.06. The fourth-order valence-electron chi connectivity index (χ4n) is 3.06. The van der Waals surface area contributed by atoms with Gasteiger partial charge in [0.05, 0.1) is 0 Å². The van der Waals surface area contributed by atoms with E-state index in [1.807, 2.05) is 25.4 Å². The smallest absolute Gasteiger partial charge is 0.132 e. The van der Waals surface area contributed by atoms with E-state index in [9.17, 15) is 0 Å². The summed E-state index contributed by atoms with van der Waals surface area (Å²) in [5.74, 6) is 3.68. The molecule has 0 N–H and O–H groups in total. The Hall–Kier alpha value is -1.91. The van der Waals surface area contributed by atoms with E-state index < -0.39 is 0 Å². The Labute approximate surface area is 126 Å². The van der Waals surface area contributed by atoms with Crippen LogP contribution in [0.2, 0.25) is 0 Å². The maximum absolute atomic E-state index is 4.59. The predicted octanol–water partition coefficient (Wildman–Crippen LogP) is 2.95. The molecule has 0 aromatic carbocycles. The standard InChI is InChI=1S/C16H23N5/c1-12(2)21-11-8-18-16(21)14-5-9-20(10-6-14)15-4-7-17-13(3)19-15/h4,7-8,11-12,14H,5-6,9-10H2,1-3H3. The van der Waals surface area contributed by atoms with Crippen LogP contribution in [-0.2, 0) is 0 Å². The van der Waals surface area contributed by atoms with Gasteiger partial charge in [-0.15, -0.1) is 0 Å². The first-order chi connectivity index (χ1) is 10.1. The normalized spacial score (nSPS) is 16.7. The van der Waals surface area contributed by atoms with Crippen LogP contribution in [0.15, 0.2) is 24.7 Å². The molecule has 1 aliphatic heterocycles. The minimum atomic E-state index is 0.477. The molecule has 2 aromatic heterocycles. The highest BCUT2D eigenvalue weighted by Gasteiger charge is 2.25. The summed E-state index contributed by atoms with van der Waals surface area (Å²) >= 11 is 0. The van der Waals surface area contributed by atoms with E-state index in [0.29, 0.717) is 12.0 Å². The number of aryl methyl sites for hydroxylation is 1. The monoisotopic (exact) mass is 285 g/mol. The summed E-state index contributed by atoms with van der Waals surface area (Å²) < 4.78 is 2.30. The summed E-state index contributed by atoms with van der Waals surface area (Å²) in [6.45, 7) is 8.43. The van der Waals surface area contributed by atoms with Crippen molar-refractivity contribution in [1.29, 1.82) is 0 Å². The lowest BCUT2D eigenvalue weighted by Crippen LogP contribution is -2.34. The van der Waals surface area contributed by atoms with Crippen molar-refractivity contribution >= 4 is 5.82 Å². The zero-order chi connectivity index (χ0) is 14.8. The molecule has 0 spiro atoms. The largest absolute Gasteiger partial charge is 0.356 e. The zero-order valence-electron chi connectivity index (χ0n) is 13.0. The van der Waals surface area contributed by atoms with Gasteiger partial charge in [-0.2, -0.15) is 0 Å². The van der Waals surface area contributed by atoms with Gasteiger partial charge in [-0.1, -0.05) is 0 Å². The topological polar surface area (TPSA) is 46.8 Å². The van der Waals surface area contributed by atoms with Gasteiger partial charge in [0.1, 0.15) is 17.5 Å². The summed E-state index contributed by atoms with van der Waals surface area (Å²) in [6.07, 6.45) is 8.13. The minimum absolute atomic E-state index is 0.477. The summed E-state index contributed by atoms with van der Waals surface area (Å²) in [5.41, 5.74) is 0. The van der Waals surface area contributed by atoms with Crippen LogP contribution in [0, 0.1) is 6.92 Å². The summed E-state index contributed by atoms with van der Waals surface area (Å²) in [4.78, 5) is 15.6. The Morgan fingerprint density at radius 1 is 1.14 bits per heavy atom. The molecule has 112 valence electrons. The maximum atomic E-state index is 4.59. The second kappa shape index (κ2) is 5.84. The molecule has 3 rings (SSSR count). The van der Waals surface area contributed by atoms with E-state index >= 15 is 0 Å². The second-order valence-electron chi connectivity index (χ2n) is 6.01. The van der Waals surface area contributed by atoms with Gasteiger partial charge in [-0.25, -0.2) is 15.0 Å². The first-order valence-corrected chi connectivity index (χ1v) is 7.72. The molecule has 3 heterocycles. The lowest BCUT2D eigenvalue weighted by Gasteiger charge is -2.33. The van der Waals surface area contributed by atoms with E-state index in [1.165, 1.54) is 5.82 Å². The minimum Gasteiger partial charge on any atom is -0.356 e. The summed E-state index contributed by atoms with van der Waals surface area (Å²) in [6, 6.07) is 2.48. The molecule has 1 saturated heterocycles. The van der Waals surface area contributed by atoms with Crippen LogP contribution in [0.4, 0.5) is 5.82 Å². The Morgan fingerprint density at radius 2 is 1.90 bits per heavy atom. The summed E-state index contributed by atoms with van der Waals surface area (Å²) in [5, 5.41) is 0. The van der Waals surface area contributed by atoms with E-state index in [4.69, 9.17) is 0 Å². The van der Waals surface area contributed by atoms with Gasteiger partial charge in [0.2, 0.25) is 0 Å². The fraction of sp³-hybridized carbons (Fsp3) is 0.562. The summed E-state index contributed by atoms with van der Waals surface area (Å²) in [7, 11) is 0. The molecule has 0 unspecified atom stereocenters. The van der Waals surface area contributed by atoms with E-state index in [2.05, 4.69) is 44.5 Å². The van der Waals surface area contributed by atoms with E-state index in [0.717, 1.165) is 37.6 Å². The van der Waals surface area contributed by atoms with Crippen LogP contribution >= 0.6 is 0 Å². The van der Waals surface area contributed by atoms with Crippen molar-refractivity contribution in [1.82, 2.24) is 19.5 Å². The van der Waals surface area contributed by atoms with Gasteiger partial charge in [0, 0.05) is 43.6 Å². The number of imidazole rings is 1. The van der Waals surface area contributed by atoms with Crippen molar-refractivity contribution in [3.05, 3.63) is 36.3 Å². The third-order valence-corrected chi connectivity index (χ3v) is 4.20. The molecular weight excluding hydrogens is 262 g/mol. The Morgan fingerprint density at radius 3 is 2.57 bits per heavy atom. The van der Waals surface area contributed by atoms with E-state index in [1.54, 1.807) is 0 Å². The van der Waals surface area contributed by atoms with Crippen LogP contribution in [0.5, 0.6) is 0 Å². The third kappa shape index (κ3) is 2.91. The van der Waals surface area contributed by atoms with Crippen LogP contribution in [0.3, 0.4) is 0 Å². The quantitative estimate of drug-likeness (QED) is 0.870. The van der Waals surface area contributed by atoms with Crippen molar-refractivity contribution in [3.8, 4) is 0 Å². The van der Waals surface area contributed by atoms with E-state index in [-0.39, 0.29) is 0 Å². The molecular formula is C16H23N5. The Balaban J connectivity index is 1.69. The molecule has 0 radical (unpaired) electrons. The number of piperidine rings is 1. The van der Waals surface area contributed by atoms with Crippen LogP contribution < -0.4 is 4.90 Å². The molecule has 1 fully saturated rings. The first-order valence-electron chi connectivity index (χ1n) is 7.72. The van der Waals surface area contributed by atoms with Crippen LogP contribution in [0.25, 0.3) is 0 Å². The number of nitrogens with zero attached hydrogens (tertiary/aromatic N) is 5. The molecule has 0 aliphatic carbocycles. The molecule has 2 aromatic rings. The van der Waals surface area contributed by atoms with Crippen molar-refractivity contribution in [3.63, 3.8) is 0 Å². The zero-order valence-corrected chi connectivity index (χ0v) is 13.0. The van der Waals surface area contributed by atoms with Crippen LogP contribution in [0.1, 0.15) is 50.3 Å². The average Bonchev–Trinajstić information content (AvgIpc) is 2.97. The molecule has 1 aliphatic rings. The highest BCUT2D eigenvalue weighted by Crippen LogP contribution is 2.30. The molecule has 5 heteroatoms. The lowest BCUT2D eigenvalue weighted by atomic mass is 9.95. The molecule has 0 saturated carbocycles. The van der Waals surface area contributed by atoms with Gasteiger partial charge in [0.25, 0.3) is 0 Å². The van der Waals surface area contributed by atoms with Gasteiger partial charge in [-0.3, -0.25) is 0 Å². The number of rotatable bonds is 3.